The molecule has 1 aliphatic heterocycles. The van der Waals surface area contributed by atoms with Crippen LogP contribution in [0.2, 0.25) is 0 Å². The molecular formula is C19H19NO4. The summed E-state index contributed by atoms with van der Waals surface area (Å²) in [6.45, 7) is 0.803. The Labute approximate surface area is 140 Å². The average molecular weight is 325 g/mol. The molecule has 0 spiro atoms. The molecule has 24 heavy (non-hydrogen) atoms. The van der Waals surface area contributed by atoms with Crippen LogP contribution in [0.3, 0.4) is 0 Å². The molecule has 2 aromatic carbocycles. The number of anilines is 1. The van der Waals surface area contributed by atoms with E-state index in [9.17, 15) is 9.59 Å². The maximum Gasteiger partial charge on any atom is 0.414 e. The molecule has 0 saturated heterocycles. The zero-order chi connectivity index (χ0) is 16.9. The maximum absolute atomic E-state index is 12.5. The number of fused-ring (bicyclic) bond motifs is 1. The van der Waals surface area contributed by atoms with E-state index in [2.05, 4.69) is 0 Å². The Bertz CT molecular complexity index is 742. The smallest absolute Gasteiger partial charge is 0.414 e. The summed E-state index contributed by atoms with van der Waals surface area (Å²) in [5.41, 5.74) is 3.43. The number of amides is 1. The van der Waals surface area contributed by atoms with Crippen LogP contribution < -0.4 is 4.90 Å². The van der Waals surface area contributed by atoms with Gasteiger partial charge in [0.15, 0.2) is 0 Å². The highest BCUT2D eigenvalue weighted by atomic mass is 16.6. The lowest BCUT2D eigenvalue weighted by atomic mass is 9.99. The number of aryl methyl sites for hydroxylation is 1. The second-order valence-corrected chi connectivity index (χ2v) is 5.83. The number of benzene rings is 2. The van der Waals surface area contributed by atoms with Crippen LogP contribution in [0.5, 0.6) is 0 Å². The Hall–Kier alpha value is -2.82. The summed E-state index contributed by atoms with van der Waals surface area (Å²) >= 11 is 0. The van der Waals surface area contributed by atoms with Crippen molar-refractivity contribution < 1.29 is 19.4 Å². The van der Waals surface area contributed by atoms with Crippen molar-refractivity contribution in [3.63, 3.8) is 0 Å². The quantitative estimate of drug-likeness (QED) is 0.935. The third-order valence-electron chi connectivity index (χ3n) is 4.05. The molecule has 0 atom stereocenters. The van der Waals surface area contributed by atoms with E-state index in [0.717, 1.165) is 29.7 Å². The van der Waals surface area contributed by atoms with Crippen LogP contribution in [0, 0.1) is 0 Å². The monoisotopic (exact) mass is 325 g/mol. The fourth-order valence-electron chi connectivity index (χ4n) is 2.89. The molecule has 0 radical (unpaired) electrons. The van der Waals surface area contributed by atoms with Gasteiger partial charge >= 0.3 is 12.1 Å². The van der Waals surface area contributed by atoms with E-state index in [0.29, 0.717) is 12.1 Å². The highest BCUT2D eigenvalue weighted by molar-refractivity contribution is 5.89. The number of nitrogens with zero attached hydrogens (tertiary/aromatic N) is 1. The Kier molecular flexibility index (Phi) is 4.79. The van der Waals surface area contributed by atoms with Crippen LogP contribution in [0.1, 0.15) is 23.1 Å². The number of rotatable bonds is 4. The SMILES string of the molecule is O=C(O)Cc1ccc2c(c1)N(C(=O)OCc1ccccc1)CCC2. The minimum absolute atomic E-state index is 0.0554. The molecule has 0 aromatic heterocycles. The van der Waals surface area contributed by atoms with Gasteiger partial charge in [-0.2, -0.15) is 0 Å². The summed E-state index contributed by atoms with van der Waals surface area (Å²) in [5, 5.41) is 8.95. The van der Waals surface area contributed by atoms with Crippen LogP contribution in [-0.4, -0.2) is 23.7 Å². The molecule has 0 bridgehead atoms. The summed E-state index contributed by atoms with van der Waals surface area (Å²) < 4.78 is 5.42. The van der Waals surface area contributed by atoms with E-state index in [4.69, 9.17) is 9.84 Å². The van der Waals surface area contributed by atoms with Crippen LogP contribution in [0.25, 0.3) is 0 Å². The van der Waals surface area contributed by atoms with E-state index in [1.165, 1.54) is 0 Å². The Balaban J connectivity index is 1.75. The molecule has 1 aliphatic rings. The molecule has 1 amide bonds. The fraction of sp³-hybridized carbons (Fsp3) is 0.263. The summed E-state index contributed by atoms with van der Waals surface area (Å²) in [5.74, 6) is -0.885. The highest BCUT2D eigenvalue weighted by Gasteiger charge is 2.24. The van der Waals surface area contributed by atoms with Crippen molar-refractivity contribution in [2.24, 2.45) is 0 Å². The normalized spacial score (nSPS) is 13.2. The van der Waals surface area contributed by atoms with Crippen LogP contribution >= 0.6 is 0 Å². The van der Waals surface area contributed by atoms with Gasteiger partial charge in [-0.25, -0.2) is 4.79 Å². The topological polar surface area (TPSA) is 66.8 Å². The van der Waals surface area contributed by atoms with Gasteiger partial charge in [0, 0.05) is 6.54 Å². The van der Waals surface area contributed by atoms with Gasteiger partial charge in [0.25, 0.3) is 0 Å². The van der Waals surface area contributed by atoms with Gasteiger partial charge in [0.05, 0.1) is 12.1 Å². The number of ether oxygens (including phenoxy) is 1. The molecule has 1 N–H and O–H groups in total. The van der Waals surface area contributed by atoms with Crippen molar-refractivity contribution in [2.75, 3.05) is 11.4 Å². The number of hydrogen-bond acceptors (Lipinski definition) is 3. The molecular weight excluding hydrogens is 306 g/mol. The van der Waals surface area contributed by atoms with E-state index in [-0.39, 0.29) is 13.0 Å². The molecule has 0 unspecified atom stereocenters. The molecule has 124 valence electrons. The summed E-state index contributed by atoms with van der Waals surface area (Å²) in [7, 11) is 0. The molecule has 0 aliphatic carbocycles. The Morgan fingerprint density at radius 1 is 1.08 bits per heavy atom. The van der Waals surface area contributed by atoms with Gasteiger partial charge in [0.2, 0.25) is 0 Å². The number of carboxylic acid groups (broad SMARTS) is 1. The molecule has 3 rings (SSSR count). The number of carboxylic acids is 1. The fourth-order valence-corrected chi connectivity index (χ4v) is 2.89. The van der Waals surface area contributed by atoms with Gasteiger partial charge in [-0.15, -0.1) is 0 Å². The first-order valence-corrected chi connectivity index (χ1v) is 7.95. The third kappa shape index (κ3) is 3.74. The van der Waals surface area contributed by atoms with E-state index >= 15 is 0 Å². The van der Waals surface area contributed by atoms with Crippen molar-refractivity contribution in [3.05, 3.63) is 65.2 Å². The van der Waals surface area contributed by atoms with E-state index < -0.39 is 12.1 Å². The predicted molar refractivity (Wildman–Crippen MR) is 90.1 cm³/mol. The molecule has 0 saturated carbocycles. The first-order valence-electron chi connectivity index (χ1n) is 7.95. The Morgan fingerprint density at radius 3 is 2.62 bits per heavy atom. The van der Waals surface area contributed by atoms with Crippen LogP contribution in [0.15, 0.2) is 48.5 Å². The lowest BCUT2D eigenvalue weighted by Gasteiger charge is -2.29. The molecule has 5 heteroatoms. The number of carbonyl (C=O) groups is 2. The van der Waals surface area contributed by atoms with Crippen molar-refractivity contribution >= 4 is 17.7 Å². The van der Waals surface area contributed by atoms with Crippen LogP contribution in [-0.2, 0) is 29.0 Å². The van der Waals surface area contributed by atoms with Crippen molar-refractivity contribution in [2.45, 2.75) is 25.9 Å². The predicted octanol–water partition coefficient (Wildman–Crippen LogP) is 3.40. The first-order chi connectivity index (χ1) is 11.6. The maximum atomic E-state index is 12.5. The number of carbonyl (C=O) groups excluding carboxylic acids is 1. The Morgan fingerprint density at radius 2 is 1.88 bits per heavy atom. The zero-order valence-corrected chi connectivity index (χ0v) is 13.3. The van der Waals surface area contributed by atoms with Crippen LogP contribution in [0.4, 0.5) is 10.5 Å². The first kappa shape index (κ1) is 16.1. The minimum Gasteiger partial charge on any atom is -0.481 e. The molecule has 0 fully saturated rings. The highest BCUT2D eigenvalue weighted by Crippen LogP contribution is 2.29. The van der Waals surface area contributed by atoms with Gasteiger partial charge in [-0.1, -0.05) is 42.5 Å². The van der Waals surface area contributed by atoms with Gasteiger partial charge in [-0.05, 0) is 35.6 Å². The largest absolute Gasteiger partial charge is 0.481 e. The standard InChI is InChI=1S/C19H19NO4/c21-18(22)12-15-8-9-16-7-4-10-20(17(16)11-15)19(23)24-13-14-5-2-1-3-6-14/h1-3,5-6,8-9,11H,4,7,10,12-13H2,(H,21,22). The second-order valence-electron chi connectivity index (χ2n) is 5.83. The summed E-state index contributed by atoms with van der Waals surface area (Å²) in [4.78, 5) is 25.0. The third-order valence-corrected chi connectivity index (χ3v) is 4.05. The summed E-state index contributed by atoms with van der Waals surface area (Å²) in [6, 6.07) is 15.0. The van der Waals surface area contributed by atoms with Gasteiger partial charge in [0.1, 0.15) is 6.61 Å². The lowest BCUT2D eigenvalue weighted by Crippen LogP contribution is -2.36. The second kappa shape index (κ2) is 7.17. The van der Waals surface area contributed by atoms with Crippen molar-refractivity contribution in [3.8, 4) is 0 Å². The molecule has 2 aromatic rings. The zero-order valence-electron chi connectivity index (χ0n) is 13.3. The number of hydrogen-bond donors (Lipinski definition) is 1. The van der Waals surface area contributed by atoms with Gasteiger partial charge in [-0.3, -0.25) is 9.69 Å². The van der Waals surface area contributed by atoms with Crippen molar-refractivity contribution in [1.29, 1.82) is 0 Å². The van der Waals surface area contributed by atoms with Crippen molar-refractivity contribution in [1.82, 2.24) is 0 Å². The van der Waals surface area contributed by atoms with E-state index in [1.807, 2.05) is 42.5 Å². The van der Waals surface area contributed by atoms with Gasteiger partial charge < -0.3 is 9.84 Å². The summed E-state index contributed by atoms with van der Waals surface area (Å²) in [6.07, 6.45) is 1.30. The molecule has 1 heterocycles. The number of aliphatic carboxylic acids is 1. The average Bonchev–Trinajstić information content (AvgIpc) is 2.59. The molecule has 5 nitrogen and oxygen atoms in total. The minimum atomic E-state index is -0.885. The van der Waals surface area contributed by atoms with E-state index in [1.54, 1.807) is 11.0 Å². The lowest BCUT2D eigenvalue weighted by molar-refractivity contribution is -0.136.